The van der Waals surface area contributed by atoms with Gasteiger partial charge in [0.05, 0.1) is 5.25 Å². The van der Waals surface area contributed by atoms with Crippen molar-refractivity contribution in [1.82, 2.24) is 4.90 Å². The number of halogens is 2. The summed E-state index contributed by atoms with van der Waals surface area (Å²) in [6, 6.07) is 3.28. The van der Waals surface area contributed by atoms with Gasteiger partial charge < -0.3 is 4.90 Å². The Morgan fingerprint density at radius 1 is 1.35 bits per heavy atom. The fraction of sp³-hybridized carbons (Fsp3) is 0.588. The quantitative estimate of drug-likeness (QED) is 0.821. The van der Waals surface area contributed by atoms with Crippen LogP contribution in [0.4, 0.5) is 8.78 Å². The van der Waals surface area contributed by atoms with E-state index in [9.17, 15) is 17.8 Å². The molecule has 23 heavy (non-hydrogen) atoms. The van der Waals surface area contributed by atoms with Crippen LogP contribution in [-0.4, -0.2) is 33.9 Å². The Kier molecular flexibility index (Phi) is 6.27. The molecule has 2 atom stereocenters. The maximum absolute atomic E-state index is 13.9. The first kappa shape index (κ1) is 18.0. The number of likely N-dealkylation sites (tertiary alicyclic amines) is 1. The third-order valence-corrected chi connectivity index (χ3v) is 6.15. The molecule has 0 unspecified atom stereocenters. The van der Waals surface area contributed by atoms with E-state index in [-0.39, 0.29) is 17.2 Å². The van der Waals surface area contributed by atoms with Crippen LogP contribution in [0.3, 0.4) is 0 Å². The van der Waals surface area contributed by atoms with E-state index in [0.717, 1.165) is 25.0 Å². The van der Waals surface area contributed by atoms with Gasteiger partial charge in [0.2, 0.25) is 5.91 Å². The molecule has 128 valence electrons. The highest BCUT2D eigenvalue weighted by molar-refractivity contribution is 7.86. The van der Waals surface area contributed by atoms with Crippen LogP contribution in [0, 0.1) is 17.6 Å². The largest absolute Gasteiger partial charge is 0.342 e. The van der Waals surface area contributed by atoms with Crippen molar-refractivity contribution in [3.05, 3.63) is 35.4 Å². The number of benzene rings is 1. The molecule has 1 aliphatic rings. The van der Waals surface area contributed by atoms with Crippen LogP contribution in [0.5, 0.6) is 0 Å². The van der Waals surface area contributed by atoms with Crippen LogP contribution >= 0.6 is 0 Å². The van der Waals surface area contributed by atoms with Crippen LogP contribution in [0.1, 0.15) is 43.9 Å². The minimum Gasteiger partial charge on any atom is -0.342 e. The van der Waals surface area contributed by atoms with Gasteiger partial charge in [-0.2, -0.15) is 0 Å². The third-order valence-electron chi connectivity index (χ3n) is 4.40. The fourth-order valence-corrected chi connectivity index (χ4v) is 4.35. The highest BCUT2D eigenvalue weighted by atomic mass is 32.2. The lowest BCUT2D eigenvalue weighted by Gasteiger charge is -2.30. The molecule has 1 aromatic rings. The standard InChI is InChI=1S/C17H23F2NO2S/c1-3-16(14-5-4-13(18)10-15(14)19)23(22)11-17(21)20-8-6-12(2)7-9-20/h4-5,10,12,16H,3,6-9,11H2,1-2H3/t16-,23-/m0/s1. The van der Waals surface area contributed by atoms with Gasteiger partial charge in [-0.05, 0) is 31.2 Å². The zero-order chi connectivity index (χ0) is 17.0. The number of carbonyl (C=O) groups is 1. The average Bonchev–Trinajstić information content (AvgIpc) is 2.50. The highest BCUT2D eigenvalue weighted by Gasteiger charge is 2.26. The normalized spacial score (nSPS) is 18.7. The van der Waals surface area contributed by atoms with Gasteiger partial charge in [-0.3, -0.25) is 9.00 Å². The smallest absolute Gasteiger partial charge is 0.235 e. The topological polar surface area (TPSA) is 37.4 Å². The molecule has 3 nitrogen and oxygen atoms in total. The Balaban J connectivity index is 2.03. The Labute approximate surface area is 138 Å². The Bertz CT molecular complexity index is 586. The number of hydrogen-bond donors (Lipinski definition) is 0. The molecule has 0 bridgehead atoms. The SMILES string of the molecule is CC[C@@H](c1ccc(F)cc1F)[S@@](=O)CC(=O)N1CCC(C)CC1. The van der Waals surface area contributed by atoms with Crippen molar-refractivity contribution < 1.29 is 17.8 Å². The number of rotatable bonds is 5. The summed E-state index contributed by atoms with van der Waals surface area (Å²) in [4.78, 5) is 14.0. The van der Waals surface area contributed by atoms with Gasteiger partial charge in [-0.1, -0.05) is 19.9 Å². The van der Waals surface area contributed by atoms with Gasteiger partial charge in [0, 0.05) is 35.5 Å². The predicted octanol–water partition coefficient (Wildman–Crippen LogP) is 3.42. The summed E-state index contributed by atoms with van der Waals surface area (Å²) >= 11 is 0. The lowest BCUT2D eigenvalue weighted by molar-refractivity contribution is -0.129. The lowest BCUT2D eigenvalue weighted by atomic mass is 9.99. The zero-order valence-electron chi connectivity index (χ0n) is 13.6. The molecular weight excluding hydrogens is 320 g/mol. The van der Waals surface area contributed by atoms with Crippen LogP contribution in [0.25, 0.3) is 0 Å². The molecule has 0 radical (unpaired) electrons. The van der Waals surface area contributed by atoms with Crippen LogP contribution in [0.2, 0.25) is 0 Å². The second kappa shape index (κ2) is 7.99. The fourth-order valence-electron chi connectivity index (χ4n) is 2.88. The molecule has 0 saturated carbocycles. The van der Waals surface area contributed by atoms with Crippen molar-refractivity contribution in [3.8, 4) is 0 Å². The van der Waals surface area contributed by atoms with Crippen LogP contribution < -0.4 is 0 Å². The highest BCUT2D eigenvalue weighted by Crippen LogP contribution is 2.27. The first-order valence-electron chi connectivity index (χ1n) is 8.02. The van der Waals surface area contributed by atoms with Crippen LogP contribution in [-0.2, 0) is 15.6 Å². The summed E-state index contributed by atoms with van der Waals surface area (Å²) in [5.74, 6) is -1.00. The molecule has 1 fully saturated rings. The van der Waals surface area contributed by atoms with Crippen molar-refractivity contribution in [1.29, 1.82) is 0 Å². The lowest BCUT2D eigenvalue weighted by Crippen LogP contribution is -2.40. The molecule has 2 rings (SSSR count). The van der Waals surface area contributed by atoms with Gasteiger partial charge in [0.1, 0.15) is 17.4 Å². The molecule has 1 amide bonds. The summed E-state index contributed by atoms with van der Waals surface area (Å²) in [6.45, 7) is 5.33. The van der Waals surface area contributed by atoms with E-state index in [2.05, 4.69) is 6.92 Å². The number of piperidine rings is 1. The summed E-state index contributed by atoms with van der Waals surface area (Å²) in [5.41, 5.74) is 0.215. The van der Waals surface area contributed by atoms with E-state index in [1.54, 1.807) is 11.8 Å². The monoisotopic (exact) mass is 343 g/mol. The van der Waals surface area contributed by atoms with Crippen molar-refractivity contribution >= 4 is 16.7 Å². The number of amides is 1. The maximum atomic E-state index is 13.9. The Morgan fingerprint density at radius 3 is 2.57 bits per heavy atom. The van der Waals surface area contributed by atoms with E-state index >= 15 is 0 Å². The average molecular weight is 343 g/mol. The molecule has 0 N–H and O–H groups in total. The van der Waals surface area contributed by atoms with Crippen molar-refractivity contribution in [3.63, 3.8) is 0 Å². The Hall–Kier alpha value is -1.30. The van der Waals surface area contributed by atoms with Crippen molar-refractivity contribution in [2.45, 2.75) is 38.4 Å². The maximum Gasteiger partial charge on any atom is 0.235 e. The summed E-state index contributed by atoms with van der Waals surface area (Å²) in [6.07, 6.45) is 2.35. The predicted molar refractivity (Wildman–Crippen MR) is 87.4 cm³/mol. The van der Waals surface area contributed by atoms with E-state index in [0.29, 0.717) is 25.4 Å². The van der Waals surface area contributed by atoms with Crippen molar-refractivity contribution in [2.75, 3.05) is 18.8 Å². The van der Waals surface area contributed by atoms with E-state index in [1.807, 2.05) is 0 Å². The molecule has 6 heteroatoms. The first-order chi connectivity index (χ1) is 10.9. The third kappa shape index (κ3) is 4.59. The summed E-state index contributed by atoms with van der Waals surface area (Å²) in [5, 5.41) is -0.594. The summed E-state index contributed by atoms with van der Waals surface area (Å²) in [7, 11) is -1.52. The molecule has 1 saturated heterocycles. The van der Waals surface area contributed by atoms with Crippen molar-refractivity contribution in [2.24, 2.45) is 5.92 Å². The summed E-state index contributed by atoms with van der Waals surface area (Å²) < 4.78 is 39.5. The molecule has 1 aromatic carbocycles. The Morgan fingerprint density at radius 2 is 2.00 bits per heavy atom. The van der Waals surface area contributed by atoms with E-state index in [1.165, 1.54) is 6.07 Å². The number of carbonyl (C=O) groups excluding carboxylic acids is 1. The molecule has 0 aliphatic carbocycles. The zero-order valence-corrected chi connectivity index (χ0v) is 14.4. The second-order valence-electron chi connectivity index (χ2n) is 6.15. The van der Waals surface area contributed by atoms with Gasteiger partial charge in [-0.15, -0.1) is 0 Å². The molecule has 0 aromatic heterocycles. The van der Waals surface area contributed by atoms with Gasteiger partial charge in [0.15, 0.2) is 0 Å². The minimum absolute atomic E-state index is 0.107. The second-order valence-corrected chi connectivity index (χ2v) is 7.77. The van der Waals surface area contributed by atoms with E-state index in [4.69, 9.17) is 0 Å². The molecule has 1 heterocycles. The van der Waals surface area contributed by atoms with Crippen LogP contribution in [0.15, 0.2) is 18.2 Å². The van der Waals surface area contributed by atoms with Gasteiger partial charge >= 0.3 is 0 Å². The molecule has 1 aliphatic heterocycles. The number of nitrogens with zero attached hydrogens (tertiary/aromatic N) is 1. The minimum atomic E-state index is -1.52. The molecule has 0 spiro atoms. The van der Waals surface area contributed by atoms with Gasteiger partial charge in [-0.25, -0.2) is 8.78 Å². The van der Waals surface area contributed by atoms with Gasteiger partial charge in [0.25, 0.3) is 0 Å². The molecular formula is C17H23F2NO2S. The number of hydrogen-bond acceptors (Lipinski definition) is 2. The first-order valence-corrected chi connectivity index (χ1v) is 9.40. The van der Waals surface area contributed by atoms with E-state index < -0.39 is 27.7 Å².